The Labute approximate surface area is 135 Å². The van der Waals surface area contributed by atoms with Gasteiger partial charge in [-0.15, -0.1) is 0 Å². The van der Waals surface area contributed by atoms with Gasteiger partial charge in [-0.25, -0.2) is 9.78 Å². The van der Waals surface area contributed by atoms with Crippen molar-refractivity contribution in [3.63, 3.8) is 0 Å². The van der Waals surface area contributed by atoms with Crippen LogP contribution in [0, 0.1) is 0 Å². The third kappa shape index (κ3) is 5.99. The first kappa shape index (κ1) is 16.8. The molecule has 2 aromatic rings. The van der Waals surface area contributed by atoms with E-state index >= 15 is 0 Å². The third-order valence-electron chi connectivity index (χ3n) is 3.04. The molecule has 2 amide bonds. The van der Waals surface area contributed by atoms with Crippen LogP contribution in [0.3, 0.4) is 0 Å². The third-order valence-corrected chi connectivity index (χ3v) is 3.04. The van der Waals surface area contributed by atoms with Crippen molar-refractivity contribution in [2.75, 3.05) is 37.5 Å². The van der Waals surface area contributed by atoms with Crippen molar-refractivity contribution in [2.45, 2.75) is 13.0 Å². The molecule has 0 saturated carbocycles. The predicted molar refractivity (Wildman–Crippen MR) is 88.6 cm³/mol. The molecule has 2 rings (SSSR count). The molecular weight excluding hydrogens is 296 g/mol. The minimum atomic E-state index is -0.254. The maximum Gasteiger partial charge on any atom is 0.319 e. The molecule has 0 aliphatic heterocycles. The Kier molecular flexibility index (Phi) is 6.43. The van der Waals surface area contributed by atoms with Crippen LogP contribution >= 0.6 is 0 Å². The summed E-state index contributed by atoms with van der Waals surface area (Å²) >= 11 is 0. The Morgan fingerprint density at radius 3 is 2.87 bits per heavy atom. The van der Waals surface area contributed by atoms with Crippen LogP contribution in [0.2, 0.25) is 0 Å². The van der Waals surface area contributed by atoms with Crippen LogP contribution < -0.4 is 15.5 Å². The largest absolute Gasteiger partial charge is 0.467 e. The summed E-state index contributed by atoms with van der Waals surface area (Å²) < 4.78 is 10.6. The van der Waals surface area contributed by atoms with Gasteiger partial charge in [-0.3, -0.25) is 0 Å². The fourth-order valence-corrected chi connectivity index (χ4v) is 1.84. The molecule has 7 nitrogen and oxygen atoms in total. The van der Waals surface area contributed by atoms with E-state index in [-0.39, 0.29) is 6.03 Å². The highest BCUT2D eigenvalue weighted by molar-refractivity contribution is 5.89. The lowest BCUT2D eigenvalue weighted by atomic mass is 10.4. The molecule has 0 aliphatic carbocycles. The molecule has 2 N–H and O–H groups in total. The first-order valence-corrected chi connectivity index (χ1v) is 7.43. The number of rotatable bonds is 8. The van der Waals surface area contributed by atoms with Crippen molar-refractivity contribution >= 4 is 17.5 Å². The lowest BCUT2D eigenvalue weighted by molar-refractivity contribution is 0.104. The average Bonchev–Trinajstić information content (AvgIpc) is 3.04. The molecule has 0 atom stereocenters. The van der Waals surface area contributed by atoms with E-state index < -0.39 is 0 Å². The molecular formula is C16H22N4O3. The van der Waals surface area contributed by atoms with E-state index in [1.54, 1.807) is 12.5 Å². The van der Waals surface area contributed by atoms with Crippen LogP contribution in [0.15, 0.2) is 41.1 Å². The number of hydrogen-bond acceptors (Lipinski definition) is 5. The highest BCUT2D eigenvalue weighted by atomic mass is 16.5. The number of carbonyl (C=O) groups is 1. The predicted octanol–water partition coefficient (Wildman–Crippen LogP) is 2.47. The topological polar surface area (TPSA) is 79.6 Å². The van der Waals surface area contributed by atoms with Crippen molar-refractivity contribution < 1.29 is 13.9 Å². The summed E-state index contributed by atoms with van der Waals surface area (Å²) in [4.78, 5) is 17.9. The second kappa shape index (κ2) is 8.79. The maximum absolute atomic E-state index is 11.7. The molecule has 0 bridgehead atoms. The number of ether oxygens (including phenoxy) is 1. The summed E-state index contributed by atoms with van der Waals surface area (Å²) in [5.41, 5.74) is 0.655. The van der Waals surface area contributed by atoms with E-state index in [2.05, 4.69) is 15.6 Å². The smallest absolute Gasteiger partial charge is 0.319 e. The Balaban J connectivity index is 1.57. The molecule has 0 saturated heterocycles. The van der Waals surface area contributed by atoms with Gasteiger partial charge in [-0.1, -0.05) is 0 Å². The summed E-state index contributed by atoms with van der Waals surface area (Å²) in [6, 6.07) is 7.09. The quantitative estimate of drug-likeness (QED) is 0.731. The molecule has 124 valence electrons. The van der Waals surface area contributed by atoms with E-state index in [1.807, 2.05) is 43.3 Å². The minimum absolute atomic E-state index is 0.254. The van der Waals surface area contributed by atoms with Crippen LogP contribution in [-0.4, -0.2) is 38.3 Å². The van der Waals surface area contributed by atoms with E-state index in [1.165, 1.54) is 0 Å². The van der Waals surface area contributed by atoms with Crippen molar-refractivity contribution in [2.24, 2.45) is 0 Å². The monoisotopic (exact) mass is 318 g/mol. The van der Waals surface area contributed by atoms with Crippen molar-refractivity contribution in [1.29, 1.82) is 0 Å². The number of carbonyl (C=O) groups excluding carboxylic acids is 1. The van der Waals surface area contributed by atoms with Gasteiger partial charge in [-0.2, -0.15) is 0 Å². The van der Waals surface area contributed by atoms with Gasteiger partial charge >= 0.3 is 6.03 Å². The number of nitrogens with one attached hydrogen (secondary N) is 2. The van der Waals surface area contributed by atoms with Gasteiger partial charge in [0.25, 0.3) is 0 Å². The highest BCUT2D eigenvalue weighted by Gasteiger charge is 2.03. The number of urea groups is 1. The zero-order valence-electron chi connectivity index (χ0n) is 13.4. The number of anilines is 2. The first-order valence-electron chi connectivity index (χ1n) is 7.43. The van der Waals surface area contributed by atoms with Crippen molar-refractivity contribution in [3.8, 4) is 0 Å². The SMILES string of the molecule is CN(C)c1ccc(NC(=O)NCCCOCc2ccco2)cn1. The molecule has 0 spiro atoms. The second-order valence-corrected chi connectivity index (χ2v) is 5.17. The zero-order valence-corrected chi connectivity index (χ0v) is 13.4. The lowest BCUT2D eigenvalue weighted by Crippen LogP contribution is -2.30. The van der Waals surface area contributed by atoms with Crippen LogP contribution in [0.1, 0.15) is 12.2 Å². The van der Waals surface area contributed by atoms with Gasteiger partial charge in [0.2, 0.25) is 0 Å². The lowest BCUT2D eigenvalue weighted by Gasteiger charge is -2.12. The highest BCUT2D eigenvalue weighted by Crippen LogP contribution is 2.11. The van der Waals surface area contributed by atoms with Gasteiger partial charge in [0.15, 0.2) is 0 Å². The Morgan fingerprint density at radius 2 is 2.22 bits per heavy atom. The number of pyridine rings is 1. The molecule has 2 heterocycles. The van der Waals surface area contributed by atoms with Crippen LogP contribution in [-0.2, 0) is 11.3 Å². The molecule has 0 fully saturated rings. The first-order chi connectivity index (χ1) is 11.1. The van der Waals surface area contributed by atoms with Gasteiger partial charge in [-0.05, 0) is 30.7 Å². The van der Waals surface area contributed by atoms with E-state index in [4.69, 9.17) is 9.15 Å². The second-order valence-electron chi connectivity index (χ2n) is 5.17. The van der Waals surface area contributed by atoms with E-state index in [0.717, 1.165) is 18.0 Å². The normalized spacial score (nSPS) is 10.3. The molecule has 0 aromatic carbocycles. The van der Waals surface area contributed by atoms with Gasteiger partial charge in [0.1, 0.15) is 18.2 Å². The minimum Gasteiger partial charge on any atom is -0.467 e. The Hall–Kier alpha value is -2.54. The van der Waals surface area contributed by atoms with Crippen LogP contribution in [0.25, 0.3) is 0 Å². The maximum atomic E-state index is 11.7. The molecule has 0 radical (unpaired) electrons. The molecule has 0 unspecified atom stereocenters. The molecule has 2 aromatic heterocycles. The van der Waals surface area contributed by atoms with Gasteiger partial charge in [0.05, 0.1) is 18.1 Å². The van der Waals surface area contributed by atoms with Crippen molar-refractivity contribution in [3.05, 3.63) is 42.5 Å². The van der Waals surface area contributed by atoms with Crippen molar-refractivity contribution in [1.82, 2.24) is 10.3 Å². The number of furan rings is 1. The fraction of sp³-hybridized carbons (Fsp3) is 0.375. The van der Waals surface area contributed by atoms with E-state index in [9.17, 15) is 4.79 Å². The van der Waals surface area contributed by atoms with Crippen LogP contribution in [0.4, 0.5) is 16.3 Å². The number of amides is 2. The summed E-state index contributed by atoms with van der Waals surface area (Å²) in [5, 5.41) is 5.50. The average molecular weight is 318 g/mol. The Morgan fingerprint density at radius 1 is 1.35 bits per heavy atom. The zero-order chi connectivity index (χ0) is 16.5. The summed E-state index contributed by atoms with van der Waals surface area (Å²) in [7, 11) is 3.83. The summed E-state index contributed by atoms with van der Waals surface area (Å²) in [6.07, 6.45) is 3.97. The Bertz CT molecular complexity index is 582. The summed E-state index contributed by atoms with van der Waals surface area (Å²) in [6.45, 7) is 1.54. The molecule has 7 heteroatoms. The molecule has 23 heavy (non-hydrogen) atoms. The van der Waals surface area contributed by atoms with Gasteiger partial charge < -0.3 is 24.7 Å². The standard InChI is InChI=1S/C16H22N4O3/c1-20(2)15-7-6-13(11-18-15)19-16(21)17-8-4-9-22-12-14-5-3-10-23-14/h3,5-7,10-11H,4,8-9,12H2,1-2H3,(H2,17,19,21). The van der Waals surface area contributed by atoms with Crippen LogP contribution in [0.5, 0.6) is 0 Å². The number of hydrogen-bond donors (Lipinski definition) is 2. The summed E-state index contributed by atoms with van der Waals surface area (Å²) in [5.74, 6) is 1.63. The number of nitrogens with zero attached hydrogens (tertiary/aromatic N) is 2. The fourth-order valence-electron chi connectivity index (χ4n) is 1.84. The van der Waals surface area contributed by atoms with Gasteiger partial charge in [0, 0.05) is 27.2 Å². The van der Waals surface area contributed by atoms with E-state index in [0.29, 0.717) is 25.4 Å². The molecule has 0 aliphatic rings. The number of aromatic nitrogens is 1.